The smallest absolute Gasteiger partial charge is 0.166 e. The molecular weight excluding hydrogens is 356 g/mol. The van der Waals surface area contributed by atoms with Gasteiger partial charge in [0.05, 0.1) is 24.8 Å². The second-order valence-corrected chi connectivity index (χ2v) is 6.90. The number of ether oxygens (including phenoxy) is 2. The van der Waals surface area contributed by atoms with E-state index in [-0.39, 0.29) is 0 Å². The van der Waals surface area contributed by atoms with Crippen molar-refractivity contribution < 1.29 is 9.47 Å². The number of aromatic nitrogens is 2. The van der Waals surface area contributed by atoms with E-state index in [1.54, 1.807) is 18.9 Å². The van der Waals surface area contributed by atoms with Crippen molar-refractivity contribution in [2.75, 3.05) is 19.5 Å². The van der Waals surface area contributed by atoms with Crippen molar-refractivity contribution in [2.45, 2.75) is 11.6 Å². The predicted octanol–water partition coefficient (Wildman–Crippen LogP) is 5.12. The molecule has 0 fully saturated rings. The Labute approximate surface area is 156 Å². The van der Waals surface area contributed by atoms with Gasteiger partial charge in [0.15, 0.2) is 16.7 Å². The van der Waals surface area contributed by atoms with Gasteiger partial charge in [-0.15, -0.1) is 6.58 Å². The minimum Gasteiger partial charge on any atom is -0.493 e. The Kier molecular flexibility index (Phi) is 5.89. The summed E-state index contributed by atoms with van der Waals surface area (Å²) in [7, 11) is 1.65. The third-order valence-electron chi connectivity index (χ3n) is 3.61. The van der Waals surface area contributed by atoms with Crippen LogP contribution in [0, 0.1) is 0 Å². The zero-order chi connectivity index (χ0) is 17.6. The van der Waals surface area contributed by atoms with Crippen LogP contribution in [0.25, 0.3) is 11.0 Å². The number of H-pyrrole nitrogens is 1. The Bertz CT molecular complexity index is 879. The average Bonchev–Trinajstić information content (AvgIpc) is 3.01. The maximum absolute atomic E-state index is 5.99. The first-order chi connectivity index (χ1) is 12.2. The van der Waals surface area contributed by atoms with E-state index in [9.17, 15) is 0 Å². The number of hydrogen-bond acceptors (Lipinski definition) is 4. The van der Waals surface area contributed by atoms with E-state index in [2.05, 4.69) is 16.5 Å². The van der Waals surface area contributed by atoms with Crippen LogP contribution in [0.3, 0.4) is 0 Å². The minimum atomic E-state index is 0.555. The van der Waals surface area contributed by atoms with E-state index in [1.165, 1.54) is 0 Å². The van der Waals surface area contributed by atoms with E-state index >= 15 is 0 Å². The molecule has 0 radical (unpaired) electrons. The molecule has 3 aromatic rings. The Balaban J connectivity index is 1.56. The standard InChI is InChI=1S/C19H19ClN2O2S/c1-3-4-13-5-8-17(18(11-13)23-2)24-9-10-25-19-21-15-7-6-14(20)12-16(15)22-19/h3,5-8,11-12H,1,4,9-10H2,2H3,(H,21,22). The fraction of sp³-hybridized carbons (Fsp3) is 0.211. The van der Waals surface area contributed by atoms with E-state index in [0.29, 0.717) is 11.6 Å². The number of hydrogen-bond donors (Lipinski definition) is 1. The Morgan fingerprint density at radius 3 is 2.92 bits per heavy atom. The van der Waals surface area contributed by atoms with Crippen LogP contribution in [0.5, 0.6) is 11.5 Å². The lowest BCUT2D eigenvalue weighted by Gasteiger charge is -2.11. The molecule has 25 heavy (non-hydrogen) atoms. The van der Waals surface area contributed by atoms with Gasteiger partial charge in [0.25, 0.3) is 0 Å². The molecule has 0 saturated carbocycles. The SMILES string of the molecule is C=CCc1ccc(OCCSc2nc3ccc(Cl)cc3[nH]2)c(OC)c1. The highest BCUT2D eigenvalue weighted by Crippen LogP contribution is 2.29. The Morgan fingerprint density at radius 1 is 1.24 bits per heavy atom. The van der Waals surface area contributed by atoms with Gasteiger partial charge in [0, 0.05) is 10.8 Å². The van der Waals surface area contributed by atoms with E-state index < -0.39 is 0 Å². The summed E-state index contributed by atoms with van der Waals surface area (Å²) in [4.78, 5) is 7.78. The highest BCUT2D eigenvalue weighted by molar-refractivity contribution is 7.99. The summed E-state index contributed by atoms with van der Waals surface area (Å²) < 4.78 is 11.2. The summed E-state index contributed by atoms with van der Waals surface area (Å²) in [5, 5.41) is 1.55. The van der Waals surface area contributed by atoms with E-state index in [4.69, 9.17) is 21.1 Å². The number of allylic oxidation sites excluding steroid dienone is 1. The number of imidazole rings is 1. The lowest BCUT2D eigenvalue weighted by atomic mass is 10.1. The summed E-state index contributed by atoms with van der Waals surface area (Å²) in [6.45, 7) is 4.31. The molecule has 0 saturated heterocycles. The number of halogens is 1. The van der Waals surface area contributed by atoms with Gasteiger partial charge in [0.2, 0.25) is 0 Å². The van der Waals surface area contributed by atoms with Crippen LogP contribution >= 0.6 is 23.4 Å². The van der Waals surface area contributed by atoms with Crippen molar-refractivity contribution in [3.63, 3.8) is 0 Å². The third-order valence-corrected chi connectivity index (χ3v) is 4.68. The summed E-state index contributed by atoms with van der Waals surface area (Å²) in [5.41, 5.74) is 3.00. The number of methoxy groups -OCH3 is 1. The monoisotopic (exact) mass is 374 g/mol. The molecule has 0 aliphatic carbocycles. The van der Waals surface area contributed by atoms with Crippen LogP contribution < -0.4 is 9.47 Å². The summed E-state index contributed by atoms with van der Waals surface area (Å²) >= 11 is 7.60. The molecule has 6 heteroatoms. The van der Waals surface area contributed by atoms with Crippen molar-refractivity contribution in [2.24, 2.45) is 0 Å². The van der Waals surface area contributed by atoms with E-state index in [1.807, 2.05) is 42.5 Å². The van der Waals surface area contributed by atoms with Crippen LogP contribution in [0.2, 0.25) is 5.02 Å². The minimum absolute atomic E-state index is 0.555. The summed E-state index contributed by atoms with van der Waals surface area (Å²) in [5.74, 6) is 2.25. The predicted molar refractivity (Wildman–Crippen MR) is 104 cm³/mol. The number of nitrogens with one attached hydrogen (secondary N) is 1. The van der Waals surface area contributed by atoms with Gasteiger partial charge < -0.3 is 14.5 Å². The molecule has 3 rings (SSSR count). The fourth-order valence-corrected chi connectivity index (χ4v) is 3.32. The molecule has 4 nitrogen and oxygen atoms in total. The number of thioether (sulfide) groups is 1. The maximum Gasteiger partial charge on any atom is 0.166 e. The Morgan fingerprint density at radius 2 is 2.12 bits per heavy atom. The molecule has 1 N–H and O–H groups in total. The molecule has 0 spiro atoms. The molecule has 0 aliphatic heterocycles. The third kappa shape index (κ3) is 4.50. The van der Waals surface area contributed by atoms with Crippen LogP contribution in [-0.2, 0) is 6.42 Å². The number of rotatable bonds is 8. The zero-order valence-corrected chi connectivity index (χ0v) is 15.5. The number of nitrogens with zero attached hydrogens (tertiary/aromatic N) is 1. The second kappa shape index (κ2) is 8.32. The van der Waals surface area contributed by atoms with Crippen LogP contribution in [-0.4, -0.2) is 29.4 Å². The zero-order valence-electron chi connectivity index (χ0n) is 13.9. The van der Waals surface area contributed by atoms with Gasteiger partial charge in [-0.2, -0.15) is 0 Å². The van der Waals surface area contributed by atoms with Crippen molar-refractivity contribution in [3.8, 4) is 11.5 Å². The first-order valence-corrected chi connectivity index (χ1v) is 9.24. The molecule has 1 aromatic heterocycles. The van der Waals surface area contributed by atoms with Gasteiger partial charge in [-0.3, -0.25) is 0 Å². The first-order valence-electron chi connectivity index (χ1n) is 7.88. The molecule has 130 valence electrons. The molecule has 1 heterocycles. The summed E-state index contributed by atoms with van der Waals surface area (Å²) in [6, 6.07) is 11.6. The van der Waals surface area contributed by atoms with Crippen molar-refractivity contribution in [1.29, 1.82) is 0 Å². The van der Waals surface area contributed by atoms with E-state index in [0.717, 1.165) is 45.4 Å². The van der Waals surface area contributed by atoms with Crippen LogP contribution in [0.4, 0.5) is 0 Å². The van der Waals surface area contributed by atoms with Gasteiger partial charge in [-0.05, 0) is 42.3 Å². The quantitative estimate of drug-likeness (QED) is 0.337. The number of fused-ring (bicyclic) bond motifs is 1. The van der Waals surface area contributed by atoms with Gasteiger partial charge in [-0.25, -0.2) is 4.98 Å². The fourth-order valence-electron chi connectivity index (χ4n) is 2.44. The largest absolute Gasteiger partial charge is 0.493 e. The molecule has 0 aliphatic rings. The van der Waals surface area contributed by atoms with Crippen molar-refractivity contribution in [1.82, 2.24) is 9.97 Å². The normalized spacial score (nSPS) is 10.8. The summed E-state index contributed by atoms with van der Waals surface area (Å²) in [6.07, 6.45) is 2.68. The first kappa shape index (κ1) is 17.7. The van der Waals surface area contributed by atoms with Gasteiger partial charge in [-0.1, -0.05) is 35.5 Å². The van der Waals surface area contributed by atoms with Crippen LogP contribution in [0.15, 0.2) is 54.2 Å². The lowest BCUT2D eigenvalue weighted by molar-refractivity contribution is 0.313. The maximum atomic E-state index is 5.99. The molecule has 0 atom stereocenters. The molecule has 0 bridgehead atoms. The molecule has 0 amide bonds. The Hall–Kier alpha value is -2.11. The average molecular weight is 375 g/mol. The van der Waals surface area contributed by atoms with Gasteiger partial charge >= 0.3 is 0 Å². The molecular formula is C19H19ClN2O2S. The highest BCUT2D eigenvalue weighted by atomic mass is 35.5. The van der Waals surface area contributed by atoms with Crippen molar-refractivity contribution >= 4 is 34.4 Å². The lowest BCUT2D eigenvalue weighted by Crippen LogP contribution is -2.02. The topological polar surface area (TPSA) is 47.1 Å². The second-order valence-electron chi connectivity index (χ2n) is 5.38. The van der Waals surface area contributed by atoms with Crippen molar-refractivity contribution in [3.05, 3.63) is 59.6 Å². The number of aromatic amines is 1. The van der Waals surface area contributed by atoms with Crippen LogP contribution in [0.1, 0.15) is 5.56 Å². The molecule has 2 aromatic carbocycles. The highest BCUT2D eigenvalue weighted by Gasteiger charge is 2.07. The molecule has 0 unspecified atom stereocenters. The number of benzene rings is 2. The van der Waals surface area contributed by atoms with Gasteiger partial charge in [0.1, 0.15) is 0 Å².